The third kappa shape index (κ3) is 6.46. The number of methoxy groups -OCH3 is 1. The molecule has 1 rings (SSSR count). The molecule has 5 heteroatoms. The number of benzene rings is 1. The van der Waals surface area contributed by atoms with Gasteiger partial charge in [-0.3, -0.25) is 0 Å². The van der Waals surface area contributed by atoms with Crippen molar-refractivity contribution in [2.75, 3.05) is 34.4 Å². The second kappa shape index (κ2) is 9.64. The van der Waals surface area contributed by atoms with Crippen LogP contribution in [-0.4, -0.2) is 39.3 Å². The Morgan fingerprint density at radius 2 is 1.55 bits per heavy atom. The highest BCUT2D eigenvalue weighted by molar-refractivity contribution is 9.11. The summed E-state index contributed by atoms with van der Waals surface area (Å²) in [4.78, 5) is 2.22. The Bertz CT molecular complexity index is 411. The largest absolute Gasteiger partial charge is 0.496 e. The minimum absolute atomic E-state index is 0.749. The molecule has 0 aliphatic rings. The summed E-state index contributed by atoms with van der Waals surface area (Å²) in [6, 6.07) is 3.85. The molecule has 0 aliphatic carbocycles. The molecule has 0 aromatic heterocycles. The van der Waals surface area contributed by atoms with Gasteiger partial charge in [-0.2, -0.15) is 0 Å². The molecule has 0 aliphatic heterocycles. The molecule has 0 unspecified atom stereocenters. The molecular formula is C15H23Br2NO2. The molecule has 0 radical (unpaired) electrons. The quantitative estimate of drug-likeness (QED) is 0.551. The molecule has 0 heterocycles. The van der Waals surface area contributed by atoms with E-state index < -0.39 is 0 Å². The van der Waals surface area contributed by atoms with E-state index in [1.54, 1.807) is 7.11 Å². The first-order chi connectivity index (χ1) is 9.54. The van der Waals surface area contributed by atoms with Crippen molar-refractivity contribution in [2.24, 2.45) is 0 Å². The Kier molecular flexibility index (Phi) is 8.57. The molecule has 20 heavy (non-hydrogen) atoms. The summed E-state index contributed by atoms with van der Waals surface area (Å²) in [5.74, 6) is 1.65. The van der Waals surface area contributed by atoms with Crippen LogP contribution in [0, 0.1) is 0 Å². The average Bonchev–Trinajstić information content (AvgIpc) is 2.40. The molecule has 1 aromatic carbocycles. The van der Waals surface area contributed by atoms with Crippen molar-refractivity contribution in [3.05, 3.63) is 21.1 Å². The Labute approximate surface area is 138 Å². The van der Waals surface area contributed by atoms with E-state index in [-0.39, 0.29) is 0 Å². The van der Waals surface area contributed by atoms with Crippen molar-refractivity contribution in [1.29, 1.82) is 0 Å². The number of rotatable bonds is 9. The van der Waals surface area contributed by atoms with E-state index in [1.165, 1.54) is 19.3 Å². The van der Waals surface area contributed by atoms with E-state index in [9.17, 15) is 0 Å². The number of unbranched alkanes of at least 4 members (excludes halogenated alkanes) is 3. The maximum Gasteiger partial charge on any atom is 0.134 e. The van der Waals surface area contributed by atoms with Crippen molar-refractivity contribution in [3.63, 3.8) is 0 Å². The van der Waals surface area contributed by atoms with Gasteiger partial charge in [0.05, 0.1) is 22.7 Å². The summed E-state index contributed by atoms with van der Waals surface area (Å²) in [5, 5.41) is 0. The molecule has 0 spiro atoms. The van der Waals surface area contributed by atoms with Crippen molar-refractivity contribution in [3.8, 4) is 11.5 Å². The fourth-order valence-corrected chi connectivity index (χ4v) is 2.76. The monoisotopic (exact) mass is 407 g/mol. The van der Waals surface area contributed by atoms with Crippen LogP contribution in [0.4, 0.5) is 0 Å². The first kappa shape index (κ1) is 17.8. The van der Waals surface area contributed by atoms with Gasteiger partial charge in [-0.25, -0.2) is 0 Å². The van der Waals surface area contributed by atoms with Gasteiger partial charge in [-0.05, 0) is 77.5 Å². The van der Waals surface area contributed by atoms with Crippen LogP contribution in [-0.2, 0) is 0 Å². The summed E-state index contributed by atoms with van der Waals surface area (Å²) in [5.41, 5.74) is 0. The van der Waals surface area contributed by atoms with Gasteiger partial charge in [0.25, 0.3) is 0 Å². The molecule has 0 saturated heterocycles. The van der Waals surface area contributed by atoms with E-state index in [1.807, 2.05) is 12.1 Å². The van der Waals surface area contributed by atoms with Gasteiger partial charge in [0, 0.05) is 0 Å². The Hall–Kier alpha value is -0.260. The average molecular weight is 409 g/mol. The normalized spacial score (nSPS) is 10.9. The molecule has 114 valence electrons. The van der Waals surface area contributed by atoms with Gasteiger partial charge in [0.2, 0.25) is 0 Å². The van der Waals surface area contributed by atoms with E-state index in [4.69, 9.17) is 9.47 Å². The fraction of sp³-hybridized carbons (Fsp3) is 0.600. The second-order valence-corrected chi connectivity index (χ2v) is 6.69. The Morgan fingerprint density at radius 1 is 0.950 bits per heavy atom. The zero-order valence-corrected chi connectivity index (χ0v) is 15.6. The van der Waals surface area contributed by atoms with Crippen molar-refractivity contribution in [1.82, 2.24) is 4.90 Å². The SMILES string of the molecule is COc1cc(Br)c(OCCCCCCN(C)C)cc1Br. The minimum Gasteiger partial charge on any atom is -0.496 e. The van der Waals surface area contributed by atoms with Crippen molar-refractivity contribution in [2.45, 2.75) is 25.7 Å². The third-order valence-electron chi connectivity index (χ3n) is 2.96. The summed E-state index contributed by atoms with van der Waals surface area (Å²) in [6.07, 6.45) is 4.81. The van der Waals surface area contributed by atoms with Crippen LogP contribution in [0.25, 0.3) is 0 Å². The number of halogens is 2. The molecule has 0 bridgehead atoms. The third-order valence-corrected chi connectivity index (χ3v) is 4.20. The summed E-state index contributed by atoms with van der Waals surface area (Å²) in [6.45, 7) is 1.91. The molecule has 0 saturated carbocycles. The van der Waals surface area contributed by atoms with Crippen molar-refractivity contribution >= 4 is 31.9 Å². The lowest BCUT2D eigenvalue weighted by Crippen LogP contribution is -2.12. The maximum absolute atomic E-state index is 5.80. The minimum atomic E-state index is 0.749. The Balaban J connectivity index is 2.27. The van der Waals surface area contributed by atoms with Crippen LogP contribution in [0.5, 0.6) is 11.5 Å². The van der Waals surface area contributed by atoms with E-state index in [2.05, 4.69) is 50.9 Å². The highest BCUT2D eigenvalue weighted by atomic mass is 79.9. The van der Waals surface area contributed by atoms with Crippen LogP contribution in [0.1, 0.15) is 25.7 Å². The maximum atomic E-state index is 5.80. The standard InChI is InChI=1S/C15H23Br2NO2/c1-18(2)8-6-4-5-7-9-20-15-11-12(16)14(19-3)10-13(15)17/h10-11H,4-9H2,1-3H3. The first-order valence-corrected chi connectivity index (χ1v) is 8.43. The van der Waals surface area contributed by atoms with E-state index >= 15 is 0 Å². The smallest absolute Gasteiger partial charge is 0.134 e. The molecule has 0 N–H and O–H groups in total. The fourth-order valence-electron chi connectivity index (χ4n) is 1.84. The van der Waals surface area contributed by atoms with Gasteiger partial charge < -0.3 is 14.4 Å². The molecule has 0 fully saturated rings. The van der Waals surface area contributed by atoms with Crippen LogP contribution >= 0.6 is 31.9 Å². The molecular weight excluding hydrogens is 386 g/mol. The van der Waals surface area contributed by atoms with Gasteiger partial charge in [0.15, 0.2) is 0 Å². The molecule has 3 nitrogen and oxygen atoms in total. The van der Waals surface area contributed by atoms with Crippen LogP contribution in [0.2, 0.25) is 0 Å². The van der Waals surface area contributed by atoms with Crippen LogP contribution < -0.4 is 9.47 Å². The number of ether oxygens (including phenoxy) is 2. The summed E-state index contributed by atoms with van der Waals surface area (Å²) in [7, 11) is 5.88. The van der Waals surface area contributed by atoms with Gasteiger partial charge in [-0.1, -0.05) is 12.8 Å². The van der Waals surface area contributed by atoms with E-state index in [0.29, 0.717) is 0 Å². The highest BCUT2D eigenvalue weighted by Crippen LogP contribution is 2.36. The zero-order valence-electron chi connectivity index (χ0n) is 12.4. The van der Waals surface area contributed by atoms with Crippen molar-refractivity contribution < 1.29 is 9.47 Å². The predicted molar refractivity (Wildman–Crippen MR) is 90.9 cm³/mol. The van der Waals surface area contributed by atoms with E-state index in [0.717, 1.165) is 40.0 Å². The highest BCUT2D eigenvalue weighted by Gasteiger charge is 2.07. The van der Waals surface area contributed by atoms with Crippen LogP contribution in [0.3, 0.4) is 0 Å². The number of nitrogens with zero attached hydrogens (tertiary/aromatic N) is 1. The number of hydrogen-bond acceptors (Lipinski definition) is 3. The lowest BCUT2D eigenvalue weighted by Gasteiger charge is -2.11. The Morgan fingerprint density at radius 3 is 2.20 bits per heavy atom. The first-order valence-electron chi connectivity index (χ1n) is 6.85. The summed E-state index contributed by atoms with van der Waals surface area (Å²) >= 11 is 6.97. The van der Waals surface area contributed by atoms with Gasteiger partial charge in [0.1, 0.15) is 11.5 Å². The van der Waals surface area contributed by atoms with Gasteiger partial charge in [-0.15, -0.1) is 0 Å². The molecule has 1 aromatic rings. The topological polar surface area (TPSA) is 21.7 Å². The molecule has 0 amide bonds. The zero-order chi connectivity index (χ0) is 15.0. The lowest BCUT2D eigenvalue weighted by atomic mass is 10.2. The van der Waals surface area contributed by atoms with Crippen LogP contribution in [0.15, 0.2) is 21.1 Å². The second-order valence-electron chi connectivity index (χ2n) is 4.98. The predicted octanol–water partition coefficient (Wildman–Crippen LogP) is 4.72. The lowest BCUT2D eigenvalue weighted by molar-refractivity contribution is 0.299. The van der Waals surface area contributed by atoms with Gasteiger partial charge >= 0.3 is 0 Å². The molecule has 0 atom stereocenters. The summed E-state index contributed by atoms with van der Waals surface area (Å²) < 4.78 is 12.9. The number of hydrogen-bond donors (Lipinski definition) is 0.